The number of hydrogen-bond donors (Lipinski definition) is 1. The van der Waals surface area contributed by atoms with E-state index in [1.165, 1.54) is 24.2 Å². The summed E-state index contributed by atoms with van der Waals surface area (Å²) in [5.41, 5.74) is 1.11. The highest BCUT2D eigenvalue weighted by Gasteiger charge is 2.28. The summed E-state index contributed by atoms with van der Waals surface area (Å²) in [6.45, 7) is 2.93. The number of carbonyl (C=O) groups excluding carboxylic acids is 2. The zero-order valence-corrected chi connectivity index (χ0v) is 13.9. The number of likely N-dealkylation sites (tertiary alicyclic amines) is 1. The summed E-state index contributed by atoms with van der Waals surface area (Å²) in [4.78, 5) is 31.7. The molecule has 1 saturated heterocycles. The van der Waals surface area contributed by atoms with Crippen molar-refractivity contribution in [1.29, 1.82) is 0 Å². The predicted octanol–water partition coefficient (Wildman–Crippen LogP) is 2.50. The SMILES string of the molecule is CC(=O)N(C)C1CCN(C(=O)Nc2nc(C3CC3)cs2)CC1. The Bertz CT molecular complexity index is 562. The van der Waals surface area contributed by atoms with E-state index in [-0.39, 0.29) is 18.0 Å². The second kappa shape index (κ2) is 6.24. The second-order valence-corrected chi connectivity index (χ2v) is 6.99. The number of nitrogens with one attached hydrogen (secondary N) is 1. The van der Waals surface area contributed by atoms with Crippen LogP contribution in [0.4, 0.5) is 9.93 Å². The lowest BCUT2D eigenvalue weighted by molar-refractivity contribution is -0.130. The van der Waals surface area contributed by atoms with Gasteiger partial charge in [0.2, 0.25) is 5.91 Å². The summed E-state index contributed by atoms with van der Waals surface area (Å²) in [5.74, 6) is 0.693. The minimum absolute atomic E-state index is 0.0818. The first-order chi connectivity index (χ1) is 10.5. The number of aromatic nitrogens is 1. The van der Waals surface area contributed by atoms with Crippen LogP contribution in [-0.2, 0) is 4.79 Å². The zero-order valence-electron chi connectivity index (χ0n) is 13.0. The molecular formula is C15H22N4O2S. The van der Waals surface area contributed by atoms with E-state index in [1.54, 1.807) is 11.8 Å². The topological polar surface area (TPSA) is 65.5 Å². The van der Waals surface area contributed by atoms with Crippen molar-refractivity contribution in [2.24, 2.45) is 0 Å². The van der Waals surface area contributed by atoms with E-state index in [9.17, 15) is 9.59 Å². The fourth-order valence-corrected chi connectivity index (χ4v) is 3.58. The van der Waals surface area contributed by atoms with Crippen molar-refractivity contribution in [2.75, 3.05) is 25.5 Å². The average molecular weight is 322 g/mol. The molecule has 2 aliphatic rings. The molecule has 0 bridgehead atoms. The van der Waals surface area contributed by atoms with Gasteiger partial charge < -0.3 is 9.80 Å². The van der Waals surface area contributed by atoms with Gasteiger partial charge in [-0.1, -0.05) is 0 Å². The van der Waals surface area contributed by atoms with Gasteiger partial charge in [-0.2, -0.15) is 0 Å². The molecule has 1 N–H and O–H groups in total. The summed E-state index contributed by atoms with van der Waals surface area (Å²) in [6.07, 6.45) is 4.09. The van der Waals surface area contributed by atoms with Gasteiger partial charge in [0.15, 0.2) is 5.13 Å². The fourth-order valence-electron chi connectivity index (χ4n) is 2.79. The van der Waals surface area contributed by atoms with Crippen molar-refractivity contribution in [3.8, 4) is 0 Å². The zero-order chi connectivity index (χ0) is 15.7. The highest BCUT2D eigenvalue weighted by Crippen LogP contribution is 2.40. The Morgan fingerprint density at radius 2 is 2.00 bits per heavy atom. The Kier molecular flexibility index (Phi) is 4.33. The Morgan fingerprint density at radius 3 is 2.59 bits per heavy atom. The molecule has 7 heteroatoms. The second-order valence-electron chi connectivity index (χ2n) is 6.13. The number of thiazole rings is 1. The van der Waals surface area contributed by atoms with Crippen LogP contribution in [0.5, 0.6) is 0 Å². The maximum absolute atomic E-state index is 12.3. The first kappa shape index (κ1) is 15.3. The monoisotopic (exact) mass is 322 g/mol. The number of anilines is 1. The van der Waals surface area contributed by atoms with Gasteiger partial charge in [0.25, 0.3) is 0 Å². The first-order valence-electron chi connectivity index (χ1n) is 7.79. The summed E-state index contributed by atoms with van der Waals surface area (Å²) in [7, 11) is 1.83. The molecule has 2 fully saturated rings. The molecule has 0 atom stereocenters. The molecule has 22 heavy (non-hydrogen) atoms. The minimum Gasteiger partial charge on any atom is -0.343 e. The van der Waals surface area contributed by atoms with E-state index in [4.69, 9.17) is 0 Å². The maximum atomic E-state index is 12.3. The molecule has 2 heterocycles. The Hall–Kier alpha value is -1.63. The van der Waals surface area contributed by atoms with Gasteiger partial charge in [0.1, 0.15) is 0 Å². The van der Waals surface area contributed by atoms with Gasteiger partial charge in [-0.3, -0.25) is 10.1 Å². The van der Waals surface area contributed by atoms with Crippen LogP contribution in [0.3, 0.4) is 0 Å². The van der Waals surface area contributed by atoms with Crippen LogP contribution in [0.2, 0.25) is 0 Å². The Morgan fingerprint density at radius 1 is 1.32 bits per heavy atom. The van der Waals surface area contributed by atoms with Gasteiger partial charge >= 0.3 is 6.03 Å². The van der Waals surface area contributed by atoms with E-state index in [0.29, 0.717) is 24.1 Å². The highest BCUT2D eigenvalue weighted by molar-refractivity contribution is 7.13. The number of hydrogen-bond acceptors (Lipinski definition) is 4. The van der Waals surface area contributed by atoms with Gasteiger partial charge in [0, 0.05) is 44.4 Å². The van der Waals surface area contributed by atoms with Crippen molar-refractivity contribution in [2.45, 2.75) is 44.6 Å². The van der Waals surface area contributed by atoms with Crippen molar-refractivity contribution in [1.82, 2.24) is 14.8 Å². The molecule has 0 radical (unpaired) electrons. The van der Waals surface area contributed by atoms with Crippen LogP contribution < -0.4 is 5.32 Å². The van der Waals surface area contributed by atoms with Crippen LogP contribution in [0.15, 0.2) is 5.38 Å². The van der Waals surface area contributed by atoms with Crippen LogP contribution in [0, 0.1) is 0 Å². The largest absolute Gasteiger partial charge is 0.343 e. The number of nitrogens with zero attached hydrogens (tertiary/aromatic N) is 3. The van der Waals surface area contributed by atoms with Gasteiger partial charge in [-0.25, -0.2) is 9.78 Å². The number of piperidine rings is 1. The molecule has 1 aliphatic carbocycles. The van der Waals surface area contributed by atoms with Crippen molar-refractivity contribution in [3.05, 3.63) is 11.1 Å². The minimum atomic E-state index is -0.0828. The number of amides is 3. The number of carbonyl (C=O) groups is 2. The van der Waals surface area contributed by atoms with Crippen LogP contribution in [0.25, 0.3) is 0 Å². The third kappa shape index (κ3) is 3.40. The summed E-state index contributed by atoms with van der Waals surface area (Å²) in [6, 6.07) is 0.156. The van der Waals surface area contributed by atoms with Crippen molar-refractivity contribution in [3.63, 3.8) is 0 Å². The normalized spacial score (nSPS) is 19.1. The number of urea groups is 1. The number of rotatable bonds is 3. The summed E-state index contributed by atoms with van der Waals surface area (Å²) < 4.78 is 0. The van der Waals surface area contributed by atoms with E-state index in [2.05, 4.69) is 10.3 Å². The van der Waals surface area contributed by atoms with Crippen molar-refractivity contribution < 1.29 is 9.59 Å². The molecular weight excluding hydrogens is 300 g/mol. The summed E-state index contributed by atoms with van der Waals surface area (Å²) >= 11 is 1.50. The fraction of sp³-hybridized carbons (Fsp3) is 0.667. The smallest absolute Gasteiger partial charge is 0.323 e. The first-order valence-corrected chi connectivity index (χ1v) is 8.67. The molecule has 0 unspecified atom stereocenters. The van der Waals surface area contributed by atoms with Gasteiger partial charge in [0.05, 0.1) is 5.69 Å². The lowest BCUT2D eigenvalue weighted by Crippen LogP contribution is -2.47. The molecule has 1 aromatic rings. The van der Waals surface area contributed by atoms with Crippen LogP contribution in [-0.4, -0.2) is 52.9 Å². The van der Waals surface area contributed by atoms with Crippen LogP contribution in [0.1, 0.15) is 44.2 Å². The molecule has 3 amide bonds. The quantitative estimate of drug-likeness (QED) is 0.930. The van der Waals surface area contributed by atoms with Crippen LogP contribution >= 0.6 is 11.3 Å². The average Bonchev–Trinajstić information content (AvgIpc) is 3.27. The predicted molar refractivity (Wildman–Crippen MR) is 86.1 cm³/mol. The van der Waals surface area contributed by atoms with E-state index in [1.807, 2.05) is 17.3 Å². The summed E-state index contributed by atoms with van der Waals surface area (Å²) in [5, 5.41) is 5.63. The Balaban J connectivity index is 1.50. The van der Waals surface area contributed by atoms with Gasteiger partial charge in [-0.15, -0.1) is 11.3 Å². The van der Waals surface area contributed by atoms with E-state index >= 15 is 0 Å². The molecule has 1 aliphatic heterocycles. The third-order valence-electron chi connectivity index (χ3n) is 4.53. The Labute approximate surface area is 134 Å². The van der Waals surface area contributed by atoms with E-state index < -0.39 is 0 Å². The van der Waals surface area contributed by atoms with Gasteiger partial charge in [-0.05, 0) is 25.7 Å². The maximum Gasteiger partial charge on any atom is 0.323 e. The molecule has 3 rings (SSSR count). The molecule has 0 spiro atoms. The molecule has 6 nitrogen and oxygen atoms in total. The molecule has 1 saturated carbocycles. The standard InChI is InChI=1S/C15H22N4O2S/c1-10(20)18(2)12-5-7-19(8-6-12)15(21)17-14-16-13(9-22-14)11-3-4-11/h9,11-12H,3-8H2,1-2H3,(H,16,17,21). The van der Waals surface area contributed by atoms with E-state index in [0.717, 1.165) is 18.5 Å². The molecule has 0 aromatic carbocycles. The lowest BCUT2D eigenvalue weighted by atomic mass is 10.0. The third-order valence-corrected chi connectivity index (χ3v) is 5.30. The highest BCUT2D eigenvalue weighted by atomic mass is 32.1. The molecule has 1 aromatic heterocycles. The molecule has 120 valence electrons. The van der Waals surface area contributed by atoms with Crippen molar-refractivity contribution >= 4 is 28.4 Å². The lowest BCUT2D eigenvalue weighted by Gasteiger charge is -2.36.